The molecule has 0 aliphatic carbocycles. The summed E-state index contributed by atoms with van der Waals surface area (Å²) in [7, 11) is 4.22. The summed E-state index contributed by atoms with van der Waals surface area (Å²) in [5, 5.41) is 0. The third-order valence-corrected chi connectivity index (χ3v) is 3.92. The van der Waals surface area contributed by atoms with Gasteiger partial charge in [0.2, 0.25) is 5.78 Å². The maximum Gasteiger partial charge on any atom is 0.219 e. The van der Waals surface area contributed by atoms with Gasteiger partial charge < -0.3 is 4.48 Å². The number of ketones is 1. The molecule has 2 aromatic carbocycles. The number of benzene rings is 2. The molecule has 2 rings (SSSR count). The average molecular weight is 268 g/mol. The molecule has 0 aliphatic heterocycles. The number of carbonyl (C=O) groups excluding carboxylic acids is 1. The Balaban J connectivity index is 2.15. The molecule has 1 atom stereocenters. The minimum Gasteiger partial charge on any atom is -0.316 e. The van der Waals surface area contributed by atoms with Crippen LogP contribution in [0.15, 0.2) is 60.7 Å². The van der Waals surface area contributed by atoms with E-state index in [0.717, 1.165) is 12.1 Å². The molecule has 20 heavy (non-hydrogen) atoms. The molecule has 0 saturated heterocycles. The van der Waals surface area contributed by atoms with E-state index in [2.05, 4.69) is 26.2 Å². The van der Waals surface area contributed by atoms with Crippen molar-refractivity contribution in [1.29, 1.82) is 0 Å². The third-order valence-electron chi connectivity index (χ3n) is 3.92. The number of hydrogen-bond donors (Lipinski definition) is 0. The lowest BCUT2D eigenvalue weighted by Gasteiger charge is -2.35. The van der Waals surface area contributed by atoms with Crippen LogP contribution in [0.1, 0.15) is 22.8 Å². The van der Waals surface area contributed by atoms with Crippen LogP contribution in [0.5, 0.6) is 0 Å². The summed E-state index contributed by atoms with van der Waals surface area (Å²) in [6.07, 6.45) is 0. The number of Topliss-reactive ketones (excluding diaryl/α,β-unsaturated/α-hetero) is 1. The number of rotatable bonds is 5. The molecule has 1 unspecified atom stereocenters. The second kappa shape index (κ2) is 6.02. The highest BCUT2D eigenvalue weighted by Gasteiger charge is 2.31. The predicted molar refractivity (Wildman–Crippen MR) is 82.5 cm³/mol. The quantitative estimate of drug-likeness (QED) is 0.599. The molecular weight excluding hydrogens is 246 g/mol. The minimum atomic E-state index is -0.0717. The summed E-state index contributed by atoms with van der Waals surface area (Å²) in [5.41, 5.74) is 2.05. The van der Waals surface area contributed by atoms with Crippen molar-refractivity contribution < 1.29 is 9.28 Å². The van der Waals surface area contributed by atoms with Crippen molar-refractivity contribution in [2.45, 2.75) is 19.5 Å². The van der Waals surface area contributed by atoms with Gasteiger partial charge >= 0.3 is 0 Å². The van der Waals surface area contributed by atoms with Gasteiger partial charge in [0.1, 0.15) is 12.6 Å². The van der Waals surface area contributed by atoms with E-state index in [1.165, 1.54) is 5.56 Å². The van der Waals surface area contributed by atoms with Gasteiger partial charge in [-0.2, -0.15) is 0 Å². The van der Waals surface area contributed by atoms with Crippen molar-refractivity contribution in [2.75, 3.05) is 14.1 Å². The largest absolute Gasteiger partial charge is 0.316 e. The van der Waals surface area contributed by atoms with Crippen LogP contribution in [0, 0.1) is 0 Å². The van der Waals surface area contributed by atoms with Crippen LogP contribution in [0.25, 0.3) is 0 Å². The molecule has 2 aromatic rings. The van der Waals surface area contributed by atoms with Gasteiger partial charge in [-0.05, 0) is 6.92 Å². The lowest BCUT2D eigenvalue weighted by Crippen LogP contribution is -2.50. The monoisotopic (exact) mass is 268 g/mol. The van der Waals surface area contributed by atoms with Crippen molar-refractivity contribution in [3.63, 3.8) is 0 Å². The first-order valence-corrected chi connectivity index (χ1v) is 6.96. The van der Waals surface area contributed by atoms with Crippen molar-refractivity contribution in [3.05, 3.63) is 71.8 Å². The average Bonchev–Trinajstić information content (AvgIpc) is 2.47. The molecule has 0 fully saturated rings. The Hall–Kier alpha value is -1.93. The topological polar surface area (TPSA) is 17.1 Å². The zero-order valence-electron chi connectivity index (χ0n) is 12.4. The van der Waals surface area contributed by atoms with Gasteiger partial charge in [0.05, 0.1) is 14.1 Å². The van der Waals surface area contributed by atoms with Crippen LogP contribution in [-0.4, -0.2) is 30.4 Å². The number of likely N-dealkylation sites (N-methyl/N-ethyl adjacent to an activating group) is 1. The first kappa shape index (κ1) is 14.5. The molecule has 2 nitrogen and oxygen atoms in total. The van der Waals surface area contributed by atoms with E-state index >= 15 is 0 Å². The molecule has 2 heteroatoms. The first-order chi connectivity index (χ1) is 9.50. The summed E-state index contributed by atoms with van der Waals surface area (Å²) in [5.74, 6) is 0.200. The second-order valence-electron chi connectivity index (χ2n) is 5.83. The molecule has 0 spiro atoms. The number of nitrogens with zero attached hydrogens (tertiary/aromatic N) is 1. The van der Waals surface area contributed by atoms with Gasteiger partial charge in [-0.15, -0.1) is 0 Å². The van der Waals surface area contributed by atoms with E-state index in [1.54, 1.807) is 0 Å². The maximum atomic E-state index is 12.6. The molecule has 0 saturated carbocycles. The van der Waals surface area contributed by atoms with E-state index in [0.29, 0.717) is 4.48 Å². The Morgan fingerprint density at radius 1 is 0.950 bits per heavy atom. The van der Waals surface area contributed by atoms with Crippen molar-refractivity contribution in [2.24, 2.45) is 0 Å². The molecule has 0 aliphatic rings. The van der Waals surface area contributed by atoms with E-state index in [-0.39, 0.29) is 11.8 Å². The zero-order valence-corrected chi connectivity index (χ0v) is 12.4. The number of carbonyl (C=O) groups is 1. The van der Waals surface area contributed by atoms with Gasteiger partial charge in [0, 0.05) is 11.1 Å². The summed E-state index contributed by atoms with van der Waals surface area (Å²) >= 11 is 0. The normalized spacial score (nSPS) is 12.9. The van der Waals surface area contributed by atoms with Crippen LogP contribution in [0.2, 0.25) is 0 Å². The highest BCUT2D eigenvalue weighted by molar-refractivity contribution is 5.99. The number of hydrogen-bond acceptors (Lipinski definition) is 1. The van der Waals surface area contributed by atoms with Gasteiger partial charge in [0.25, 0.3) is 0 Å². The van der Waals surface area contributed by atoms with Crippen LogP contribution < -0.4 is 0 Å². The molecule has 104 valence electrons. The second-order valence-corrected chi connectivity index (χ2v) is 5.83. The van der Waals surface area contributed by atoms with Gasteiger partial charge in [-0.25, -0.2) is 0 Å². The lowest BCUT2D eigenvalue weighted by atomic mass is 10.0. The number of quaternary nitrogens is 1. The van der Waals surface area contributed by atoms with Crippen molar-refractivity contribution in [3.8, 4) is 0 Å². The smallest absolute Gasteiger partial charge is 0.219 e. The van der Waals surface area contributed by atoms with Crippen LogP contribution >= 0.6 is 0 Å². The minimum absolute atomic E-state index is 0.0717. The fourth-order valence-electron chi connectivity index (χ4n) is 2.35. The highest BCUT2D eigenvalue weighted by atomic mass is 16.1. The van der Waals surface area contributed by atoms with Crippen LogP contribution in [0.3, 0.4) is 0 Å². The summed E-state index contributed by atoms with van der Waals surface area (Å²) in [4.78, 5) is 12.6. The molecule has 0 bridgehead atoms. The maximum absolute atomic E-state index is 12.6. The van der Waals surface area contributed by atoms with Crippen LogP contribution in [0.4, 0.5) is 0 Å². The van der Waals surface area contributed by atoms with Gasteiger partial charge in [-0.3, -0.25) is 4.79 Å². The highest BCUT2D eigenvalue weighted by Crippen LogP contribution is 2.17. The fourth-order valence-corrected chi connectivity index (χ4v) is 2.35. The van der Waals surface area contributed by atoms with Crippen molar-refractivity contribution in [1.82, 2.24) is 0 Å². The first-order valence-electron chi connectivity index (χ1n) is 6.96. The van der Waals surface area contributed by atoms with Gasteiger partial charge in [-0.1, -0.05) is 60.7 Å². The Kier molecular flexibility index (Phi) is 4.35. The van der Waals surface area contributed by atoms with Gasteiger partial charge in [0.15, 0.2) is 0 Å². The van der Waals surface area contributed by atoms with Crippen molar-refractivity contribution >= 4 is 5.78 Å². The Bertz CT molecular complexity index is 560. The summed E-state index contributed by atoms with van der Waals surface area (Å²) < 4.78 is 0.651. The lowest BCUT2D eigenvalue weighted by molar-refractivity contribution is -0.916. The summed E-state index contributed by atoms with van der Waals surface area (Å²) in [6, 6.07) is 19.8. The van der Waals surface area contributed by atoms with Crippen LogP contribution in [-0.2, 0) is 6.54 Å². The predicted octanol–water partition coefficient (Wildman–Crippen LogP) is 3.53. The Morgan fingerprint density at radius 3 is 2.00 bits per heavy atom. The fraction of sp³-hybridized carbons (Fsp3) is 0.278. The third kappa shape index (κ3) is 3.34. The molecule has 0 amide bonds. The Labute approximate surface area is 121 Å². The molecule has 0 heterocycles. The SMILES string of the molecule is CC(C(=O)c1ccccc1)[N+](C)(C)Cc1ccccc1. The molecule has 0 aromatic heterocycles. The molecule has 0 N–H and O–H groups in total. The molecular formula is C18H22NO+. The van der Waals surface area contributed by atoms with E-state index in [9.17, 15) is 4.79 Å². The standard InChI is InChI=1S/C18H22NO/c1-15(18(20)17-12-8-5-9-13-17)19(2,3)14-16-10-6-4-7-11-16/h4-13,15H,14H2,1-3H3/q+1. The van der Waals surface area contributed by atoms with E-state index in [1.807, 2.05) is 55.5 Å². The zero-order chi connectivity index (χ0) is 14.6. The Morgan fingerprint density at radius 2 is 1.45 bits per heavy atom. The van der Waals surface area contributed by atoms with E-state index < -0.39 is 0 Å². The summed E-state index contributed by atoms with van der Waals surface area (Å²) in [6.45, 7) is 2.86. The van der Waals surface area contributed by atoms with E-state index in [4.69, 9.17) is 0 Å². The molecule has 0 radical (unpaired) electrons.